The molecule has 2 aliphatic heterocycles. The van der Waals surface area contributed by atoms with Gasteiger partial charge in [-0.1, -0.05) is 6.07 Å². The van der Waals surface area contributed by atoms with Gasteiger partial charge in [-0.15, -0.1) is 0 Å². The van der Waals surface area contributed by atoms with Gasteiger partial charge < -0.3 is 4.74 Å². The molecule has 2 fully saturated rings. The number of ether oxygens (including phenoxy) is 1. The van der Waals surface area contributed by atoms with Crippen molar-refractivity contribution in [3.05, 3.63) is 48.0 Å². The van der Waals surface area contributed by atoms with Crippen molar-refractivity contribution >= 4 is 0 Å². The van der Waals surface area contributed by atoms with Crippen LogP contribution in [-0.4, -0.2) is 69.5 Å². The smallest absolute Gasteiger partial charge is 0.0594 e. The fraction of sp³-hybridized carbons (Fsp3) is 0.579. The summed E-state index contributed by atoms with van der Waals surface area (Å²) in [5.74, 6) is 0. The van der Waals surface area contributed by atoms with E-state index >= 15 is 0 Å². The molecule has 25 heavy (non-hydrogen) atoms. The van der Waals surface area contributed by atoms with E-state index in [9.17, 15) is 0 Å². The molecule has 2 atom stereocenters. The maximum atomic E-state index is 5.56. The lowest BCUT2D eigenvalue weighted by molar-refractivity contribution is 0.00788. The molecular formula is C19H27N5O. The van der Waals surface area contributed by atoms with Crippen LogP contribution in [0.3, 0.4) is 0 Å². The summed E-state index contributed by atoms with van der Waals surface area (Å²) in [4.78, 5) is 9.54. The Morgan fingerprint density at radius 2 is 2.04 bits per heavy atom. The third-order valence-corrected chi connectivity index (χ3v) is 5.45. The van der Waals surface area contributed by atoms with Gasteiger partial charge in [-0.25, -0.2) is 0 Å². The van der Waals surface area contributed by atoms with E-state index in [2.05, 4.69) is 32.1 Å². The van der Waals surface area contributed by atoms with Gasteiger partial charge in [0.05, 0.1) is 19.4 Å². The van der Waals surface area contributed by atoms with Crippen LogP contribution in [0.1, 0.15) is 17.5 Å². The number of pyridine rings is 1. The highest BCUT2D eigenvalue weighted by atomic mass is 16.5. The van der Waals surface area contributed by atoms with E-state index in [4.69, 9.17) is 4.74 Å². The first-order chi connectivity index (χ1) is 12.3. The Morgan fingerprint density at radius 3 is 2.76 bits per heavy atom. The second-order valence-corrected chi connectivity index (χ2v) is 7.13. The summed E-state index contributed by atoms with van der Waals surface area (Å²) in [6.45, 7) is 5.93. The zero-order valence-electron chi connectivity index (χ0n) is 14.9. The lowest BCUT2D eigenvalue weighted by atomic mass is 10.00. The molecule has 0 unspecified atom stereocenters. The molecule has 2 aromatic heterocycles. The molecule has 2 aromatic rings. The minimum atomic E-state index is 0.516. The molecule has 4 heterocycles. The Balaban J connectivity index is 1.52. The van der Waals surface area contributed by atoms with E-state index in [0.29, 0.717) is 12.1 Å². The summed E-state index contributed by atoms with van der Waals surface area (Å²) >= 11 is 0. The SMILES string of the molecule is Cn1cc(C[C@@H]2[C@@H](N3CCOCC3)CCN2Cc2cccnc2)cn1. The van der Waals surface area contributed by atoms with Crippen LogP contribution in [0.15, 0.2) is 36.9 Å². The fourth-order valence-corrected chi connectivity index (χ4v) is 4.24. The van der Waals surface area contributed by atoms with E-state index in [1.165, 1.54) is 17.5 Å². The monoisotopic (exact) mass is 341 g/mol. The fourth-order valence-electron chi connectivity index (χ4n) is 4.24. The van der Waals surface area contributed by atoms with Crippen LogP contribution in [0.2, 0.25) is 0 Å². The zero-order chi connectivity index (χ0) is 17.1. The zero-order valence-corrected chi connectivity index (χ0v) is 14.9. The van der Waals surface area contributed by atoms with Gasteiger partial charge in [0, 0.05) is 63.9 Å². The third-order valence-electron chi connectivity index (χ3n) is 5.45. The Labute approximate surface area is 149 Å². The van der Waals surface area contributed by atoms with Gasteiger partial charge in [0.15, 0.2) is 0 Å². The Morgan fingerprint density at radius 1 is 1.16 bits per heavy atom. The van der Waals surface area contributed by atoms with Crippen molar-refractivity contribution in [2.75, 3.05) is 32.8 Å². The van der Waals surface area contributed by atoms with Crippen molar-refractivity contribution < 1.29 is 4.74 Å². The molecular weight excluding hydrogens is 314 g/mol. The van der Waals surface area contributed by atoms with Crippen molar-refractivity contribution in [2.24, 2.45) is 7.05 Å². The number of rotatable bonds is 5. The van der Waals surface area contributed by atoms with Gasteiger partial charge in [-0.3, -0.25) is 19.5 Å². The molecule has 134 valence electrons. The lowest BCUT2D eigenvalue weighted by Crippen LogP contribution is -2.50. The van der Waals surface area contributed by atoms with Crippen molar-refractivity contribution in [1.82, 2.24) is 24.6 Å². The predicted octanol–water partition coefficient (Wildman–Crippen LogP) is 1.33. The number of aryl methyl sites for hydroxylation is 1. The quantitative estimate of drug-likeness (QED) is 0.821. The first kappa shape index (κ1) is 16.7. The summed E-state index contributed by atoms with van der Waals surface area (Å²) in [7, 11) is 1.99. The molecule has 0 radical (unpaired) electrons. The van der Waals surface area contributed by atoms with Crippen LogP contribution in [0.25, 0.3) is 0 Å². The van der Waals surface area contributed by atoms with Crippen LogP contribution >= 0.6 is 0 Å². The molecule has 0 aliphatic carbocycles. The summed E-state index contributed by atoms with van der Waals surface area (Å²) in [6, 6.07) is 5.32. The van der Waals surface area contributed by atoms with E-state index in [1.54, 1.807) is 0 Å². The average Bonchev–Trinajstić information content (AvgIpc) is 3.24. The molecule has 6 nitrogen and oxygen atoms in total. The van der Waals surface area contributed by atoms with Crippen LogP contribution in [-0.2, 0) is 24.8 Å². The number of morpholine rings is 1. The summed E-state index contributed by atoms with van der Waals surface area (Å²) < 4.78 is 7.46. The minimum absolute atomic E-state index is 0.516. The molecule has 0 bridgehead atoms. The van der Waals surface area contributed by atoms with Gasteiger partial charge in [-0.2, -0.15) is 5.10 Å². The maximum Gasteiger partial charge on any atom is 0.0594 e. The van der Waals surface area contributed by atoms with Crippen molar-refractivity contribution in [3.63, 3.8) is 0 Å². The topological polar surface area (TPSA) is 46.4 Å². The normalized spacial score (nSPS) is 25.5. The van der Waals surface area contributed by atoms with E-state index in [1.807, 2.05) is 36.4 Å². The van der Waals surface area contributed by atoms with Gasteiger partial charge in [-0.05, 0) is 30.0 Å². The van der Waals surface area contributed by atoms with Crippen molar-refractivity contribution in [3.8, 4) is 0 Å². The van der Waals surface area contributed by atoms with Gasteiger partial charge in [0.1, 0.15) is 0 Å². The van der Waals surface area contributed by atoms with Gasteiger partial charge in [0.2, 0.25) is 0 Å². The Bertz CT molecular complexity index is 667. The molecule has 0 saturated carbocycles. The third kappa shape index (κ3) is 3.92. The van der Waals surface area contributed by atoms with E-state index in [-0.39, 0.29) is 0 Å². The largest absolute Gasteiger partial charge is 0.379 e. The van der Waals surface area contributed by atoms with Crippen molar-refractivity contribution in [1.29, 1.82) is 0 Å². The van der Waals surface area contributed by atoms with E-state index in [0.717, 1.165) is 45.8 Å². The molecule has 2 saturated heterocycles. The first-order valence-corrected chi connectivity index (χ1v) is 9.22. The molecule has 0 amide bonds. The molecule has 0 aromatic carbocycles. The Kier molecular flexibility index (Phi) is 5.10. The van der Waals surface area contributed by atoms with Gasteiger partial charge in [0.25, 0.3) is 0 Å². The number of nitrogens with zero attached hydrogens (tertiary/aromatic N) is 5. The highest BCUT2D eigenvalue weighted by molar-refractivity contribution is 5.13. The summed E-state index contributed by atoms with van der Waals surface area (Å²) in [5, 5.41) is 4.36. The molecule has 6 heteroatoms. The highest BCUT2D eigenvalue weighted by Crippen LogP contribution is 2.28. The number of hydrogen-bond donors (Lipinski definition) is 0. The number of likely N-dealkylation sites (tertiary alicyclic amines) is 1. The van der Waals surface area contributed by atoms with Gasteiger partial charge >= 0.3 is 0 Å². The van der Waals surface area contributed by atoms with Crippen LogP contribution in [0.5, 0.6) is 0 Å². The van der Waals surface area contributed by atoms with Crippen LogP contribution in [0, 0.1) is 0 Å². The van der Waals surface area contributed by atoms with Crippen molar-refractivity contribution in [2.45, 2.75) is 31.5 Å². The minimum Gasteiger partial charge on any atom is -0.379 e. The molecule has 4 rings (SSSR count). The first-order valence-electron chi connectivity index (χ1n) is 9.22. The van der Waals surface area contributed by atoms with Crippen LogP contribution in [0.4, 0.5) is 0 Å². The summed E-state index contributed by atoms with van der Waals surface area (Å²) in [5.41, 5.74) is 2.62. The Hall–Kier alpha value is -1.76. The lowest BCUT2D eigenvalue weighted by Gasteiger charge is -2.37. The predicted molar refractivity (Wildman–Crippen MR) is 96.1 cm³/mol. The maximum absolute atomic E-state index is 5.56. The van der Waals surface area contributed by atoms with Crippen LogP contribution < -0.4 is 0 Å². The second-order valence-electron chi connectivity index (χ2n) is 7.13. The second kappa shape index (κ2) is 7.64. The molecule has 0 spiro atoms. The average molecular weight is 341 g/mol. The highest BCUT2D eigenvalue weighted by Gasteiger charge is 2.38. The standard InChI is InChI=1S/C19H27N5O/c1-22-14-17(13-21-22)11-19-18(23-7-9-25-10-8-23)4-6-24(19)15-16-3-2-5-20-12-16/h2-3,5,12-14,18-19H,4,6-11,15H2,1H3/t18-,19+/m0/s1. The molecule has 2 aliphatic rings. The number of aromatic nitrogens is 3. The van der Waals surface area contributed by atoms with E-state index < -0.39 is 0 Å². The summed E-state index contributed by atoms with van der Waals surface area (Å²) in [6.07, 6.45) is 10.3. The number of hydrogen-bond acceptors (Lipinski definition) is 5. The molecule has 0 N–H and O–H groups in total.